The molecule has 0 saturated carbocycles. The van der Waals surface area contributed by atoms with E-state index >= 15 is 0 Å². The molecule has 0 aromatic heterocycles. The molecule has 0 saturated heterocycles. The molecule has 62 valence electrons. The van der Waals surface area contributed by atoms with Crippen molar-refractivity contribution >= 4 is 24.2 Å². The normalized spacial score (nSPS) is 8.67. The molecule has 0 spiro atoms. The second-order valence-corrected chi connectivity index (χ2v) is 2.11. The Balaban J connectivity index is 2.79. The van der Waals surface area contributed by atoms with Crippen molar-refractivity contribution in [3.8, 4) is 0 Å². The van der Waals surface area contributed by atoms with E-state index in [1.807, 2.05) is 0 Å². The topological polar surface area (TPSA) is 58.2 Å². The lowest BCUT2D eigenvalue weighted by atomic mass is 10.3. The molecule has 0 radical (unpaired) electrons. The van der Waals surface area contributed by atoms with Crippen LogP contribution in [0.2, 0.25) is 0 Å². The zero-order chi connectivity index (χ0) is 8.81. The Kier molecular flexibility index (Phi) is 2.84. The first kappa shape index (κ1) is 8.26. The van der Waals surface area contributed by atoms with Gasteiger partial charge in [0.05, 0.1) is 0 Å². The van der Waals surface area contributed by atoms with Gasteiger partial charge >= 0.3 is 0 Å². The summed E-state index contributed by atoms with van der Waals surface area (Å²) in [6.45, 7) is 0. The van der Waals surface area contributed by atoms with Crippen LogP contribution >= 0.6 is 0 Å². The minimum Gasteiger partial charge on any atom is -0.329 e. The first-order valence-electron chi connectivity index (χ1n) is 3.37. The molecule has 0 atom stereocenters. The van der Waals surface area contributed by atoms with Crippen molar-refractivity contribution in [3.63, 3.8) is 0 Å². The maximum atomic E-state index is 10.0. The number of hydrogen-bond acceptors (Lipinski definition) is 2. The van der Waals surface area contributed by atoms with E-state index in [0.29, 0.717) is 24.2 Å². The highest BCUT2D eigenvalue weighted by molar-refractivity contribution is 5.77. The van der Waals surface area contributed by atoms with Gasteiger partial charge in [-0.25, -0.2) is 0 Å². The minimum absolute atomic E-state index is 0.583. The van der Waals surface area contributed by atoms with Crippen LogP contribution in [0.25, 0.3) is 0 Å². The average molecular weight is 164 g/mol. The molecule has 0 fully saturated rings. The number of nitrogens with one attached hydrogen (secondary N) is 2. The Morgan fingerprint density at radius 1 is 1.00 bits per heavy atom. The molecule has 1 aromatic carbocycles. The third-order valence-corrected chi connectivity index (χ3v) is 1.31. The number of carbonyl (C=O) groups excluding carboxylic acids is 2. The van der Waals surface area contributed by atoms with E-state index in [1.54, 1.807) is 24.3 Å². The molecule has 0 aliphatic carbocycles. The Hall–Kier alpha value is -1.84. The Labute approximate surface area is 69.6 Å². The summed E-state index contributed by atoms with van der Waals surface area (Å²) in [5.41, 5.74) is 1.30. The van der Waals surface area contributed by atoms with Gasteiger partial charge in [0.1, 0.15) is 0 Å². The Bertz CT molecular complexity index is 261. The third kappa shape index (κ3) is 2.09. The Morgan fingerprint density at radius 2 is 1.50 bits per heavy atom. The minimum atomic E-state index is 0.583. The summed E-state index contributed by atoms with van der Waals surface area (Å²) in [7, 11) is 0. The second kappa shape index (κ2) is 4.12. The summed E-state index contributed by atoms with van der Waals surface area (Å²) in [6.07, 6.45) is 1.17. The number of amides is 2. The molecule has 0 unspecified atom stereocenters. The van der Waals surface area contributed by atoms with Crippen LogP contribution in [0, 0.1) is 0 Å². The predicted molar refractivity (Wildman–Crippen MR) is 45.8 cm³/mol. The highest BCUT2D eigenvalue weighted by atomic mass is 16.1. The van der Waals surface area contributed by atoms with Crippen LogP contribution in [-0.2, 0) is 9.59 Å². The van der Waals surface area contributed by atoms with E-state index in [1.165, 1.54) is 0 Å². The highest BCUT2D eigenvalue weighted by Crippen LogP contribution is 2.13. The first-order valence-corrected chi connectivity index (χ1v) is 3.37. The summed E-state index contributed by atoms with van der Waals surface area (Å²) in [4.78, 5) is 20.1. The van der Waals surface area contributed by atoms with E-state index < -0.39 is 0 Å². The molecule has 0 aliphatic rings. The standard InChI is InChI=1S/C8H8N2O2/c11-5-9-7-2-1-3-8(4-7)10-6-12/h1-6H,(H,9,11)(H,10,12). The predicted octanol–water partition coefficient (Wildman–Crippen LogP) is 0.823. The number of hydrogen-bond donors (Lipinski definition) is 2. The van der Waals surface area contributed by atoms with Crippen LogP contribution < -0.4 is 10.6 Å². The van der Waals surface area contributed by atoms with Gasteiger partial charge in [-0.2, -0.15) is 0 Å². The van der Waals surface area contributed by atoms with Crippen LogP contribution in [-0.4, -0.2) is 12.8 Å². The third-order valence-electron chi connectivity index (χ3n) is 1.31. The van der Waals surface area contributed by atoms with Crippen molar-refractivity contribution in [2.45, 2.75) is 0 Å². The molecule has 4 heteroatoms. The molecule has 12 heavy (non-hydrogen) atoms. The van der Waals surface area contributed by atoms with E-state index in [4.69, 9.17) is 0 Å². The van der Waals surface area contributed by atoms with Crippen LogP contribution in [0.15, 0.2) is 24.3 Å². The summed E-state index contributed by atoms with van der Waals surface area (Å²) in [5, 5.41) is 4.94. The van der Waals surface area contributed by atoms with Crippen molar-refractivity contribution in [1.82, 2.24) is 0 Å². The van der Waals surface area contributed by atoms with Gasteiger partial charge in [0.2, 0.25) is 12.8 Å². The van der Waals surface area contributed by atoms with E-state index in [-0.39, 0.29) is 0 Å². The number of carbonyl (C=O) groups is 2. The van der Waals surface area contributed by atoms with Crippen molar-refractivity contribution < 1.29 is 9.59 Å². The second-order valence-electron chi connectivity index (χ2n) is 2.11. The summed E-state index contributed by atoms with van der Waals surface area (Å²) in [5.74, 6) is 0. The lowest BCUT2D eigenvalue weighted by Gasteiger charge is -2.01. The fraction of sp³-hybridized carbons (Fsp3) is 0. The van der Waals surface area contributed by atoms with Crippen LogP contribution in [0.4, 0.5) is 11.4 Å². The maximum Gasteiger partial charge on any atom is 0.211 e. The SMILES string of the molecule is O=CNc1cccc(NC=O)c1. The van der Waals surface area contributed by atoms with Gasteiger partial charge in [0.15, 0.2) is 0 Å². The fourth-order valence-corrected chi connectivity index (χ4v) is 0.835. The monoisotopic (exact) mass is 164 g/mol. The quantitative estimate of drug-likeness (QED) is 0.647. The van der Waals surface area contributed by atoms with Crippen LogP contribution in [0.5, 0.6) is 0 Å². The molecular formula is C8H8N2O2. The summed E-state index contributed by atoms with van der Waals surface area (Å²) >= 11 is 0. The van der Waals surface area contributed by atoms with Gasteiger partial charge in [0, 0.05) is 11.4 Å². The fourth-order valence-electron chi connectivity index (χ4n) is 0.835. The van der Waals surface area contributed by atoms with E-state index in [9.17, 15) is 9.59 Å². The number of anilines is 2. The largest absolute Gasteiger partial charge is 0.329 e. The maximum absolute atomic E-state index is 10.0. The van der Waals surface area contributed by atoms with Gasteiger partial charge in [-0.3, -0.25) is 9.59 Å². The van der Waals surface area contributed by atoms with Gasteiger partial charge in [-0.1, -0.05) is 6.07 Å². The van der Waals surface area contributed by atoms with Gasteiger partial charge < -0.3 is 10.6 Å². The first-order chi connectivity index (χ1) is 5.86. The zero-order valence-electron chi connectivity index (χ0n) is 6.28. The van der Waals surface area contributed by atoms with Gasteiger partial charge in [-0.05, 0) is 18.2 Å². The van der Waals surface area contributed by atoms with Crippen molar-refractivity contribution in [3.05, 3.63) is 24.3 Å². The summed E-state index contributed by atoms with van der Waals surface area (Å²) in [6, 6.07) is 6.84. The smallest absolute Gasteiger partial charge is 0.211 e. The van der Waals surface area contributed by atoms with E-state index in [0.717, 1.165) is 0 Å². The number of rotatable bonds is 4. The molecular weight excluding hydrogens is 156 g/mol. The van der Waals surface area contributed by atoms with Crippen molar-refractivity contribution in [2.24, 2.45) is 0 Å². The highest BCUT2D eigenvalue weighted by Gasteiger charge is 1.91. The molecule has 2 amide bonds. The summed E-state index contributed by atoms with van der Waals surface area (Å²) < 4.78 is 0. The van der Waals surface area contributed by atoms with Crippen LogP contribution in [0.3, 0.4) is 0 Å². The van der Waals surface area contributed by atoms with Gasteiger partial charge in [0.25, 0.3) is 0 Å². The molecule has 0 bridgehead atoms. The lowest BCUT2D eigenvalue weighted by molar-refractivity contribution is -0.106. The molecule has 1 rings (SSSR count). The van der Waals surface area contributed by atoms with Crippen molar-refractivity contribution in [1.29, 1.82) is 0 Å². The number of benzene rings is 1. The van der Waals surface area contributed by atoms with Crippen molar-refractivity contribution in [2.75, 3.05) is 10.6 Å². The van der Waals surface area contributed by atoms with Crippen LogP contribution in [0.1, 0.15) is 0 Å². The Morgan fingerprint density at radius 3 is 1.92 bits per heavy atom. The molecule has 0 aliphatic heterocycles. The molecule has 4 nitrogen and oxygen atoms in total. The average Bonchev–Trinajstić information content (AvgIpc) is 2.06. The lowest BCUT2D eigenvalue weighted by Crippen LogP contribution is -1.96. The van der Waals surface area contributed by atoms with E-state index in [2.05, 4.69) is 10.6 Å². The van der Waals surface area contributed by atoms with Gasteiger partial charge in [-0.15, -0.1) is 0 Å². The zero-order valence-corrected chi connectivity index (χ0v) is 6.28. The molecule has 0 heterocycles. The molecule has 1 aromatic rings. The molecule has 2 N–H and O–H groups in total.